The lowest BCUT2D eigenvalue weighted by Gasteiger charge is -2.25. The summed E-state index contributed by atoms with van der Waals surface area (Å²) in [6, 6.07) is 6.09. The number of hydrogen-bond acceptors (Lipinski definition) is 4. The summed E-state index contributed by atoms with van der Waals surface area (Å²) in [5.74, 6) is -0.0611. The lowest BCUT2D eigenvalue weighted by Crippen LogP contribution is -2.51. The Kier molecular flexibility index (Phi) is 4.04. The standard InChI is InChI=1S/C14H19N3O3/c1-10(11-5-3-6-12(9-11)17(19)20)16-13(18)14(2)7-4-8-15-14/h3,5-6,9-10,15H,4,7-8H2,1-2H3,(H,16,18). The second-order valence-corrected chi connectivity index (χ2v) is 5.41. The Morgan fingerprint density at radius 3 is 2.90 bits per heavy atom. The van der Waals surface area contributed by atoms with Gasteiger partial charge >= 0.3 is 0 Å². The monoisotopic (exact) mass is 277 g/mol. The molecule has 0 spiro atoms. The third-order valence-corrected chi connectivity index (χ3v) is 3.80. The third-order valence-electron chi connectivity index (χ3n) is 3.80. The Morgan fingerprint density at radius 2 is 2.30 bits per heavy atom. The topological polar surface area (TPSA) is 84.3 Å². The molecule has 0 saturated carbocycles. The molecular formula is C14H19N3O3. The van der Waals surface area contributed by atoms with Gasteiger partial charge in [-0.2, -0.15) is 0 Å². The van der Waals surface area contributed by atoms with Crippen LogP contribution >= 0.6 is 0 Å². The molecule has 1 heterocycles. The third kappa shape index (κ3) is 2.96. The van der Waals surface area contributed by atoms with Gasteiger partial charge in [-0.15, -0.1) is 0 Å². The highest BCUT2D eigenvalue weighted by atomic mass is 16.6. The van der Waals surface area contributed by atoms with E-state index >= 15 is 0 Å². The predicted octanol–water partition coefficient (Wildman–Crippen LogP) is 1.91. The Hall–Kier alpha value is -1.95. The maximum atomic E-state index is 12.3. The number of benzene rings is 1. The van der Waals surface area contributed by atoms with E-state index in [2.05, 4.69) is 10.6 Å². The number of carbonyl (C=O) groups is 1. The predicted molar refractivity (Wildman–Crippen MR) is 75.3 cm³/mol. The fourth-order valence-electron chi connectivity index (χ4n) is 2.44. The largest absolute Gasteiger partial charge is 0.348 e. The first-order valence-corrected chi connectivity index (χ1v) is 6.73. The molecule has 6 heteroatoms. The lowest BCUT2D eigenvalue weighted by atomic mass is 9.98. The molecule has 2 atom stereocenters. The van der Waals surface area contributed by atoms with Crippen molar-refractivity contribution >= 4 is 11.6 Å². The molecule has 2 rings (SSSR count). The summed E-state index contributed by atoms with van der Waals surface area (Å²) in [5, 5.41) is 16.9. The van der Waals surface area contributed by atoms with Crippen LogP contribution in [0, 0.1) is 10.1 Å². The summed E-state index contributed by atoms with van der Waals surface area (Å²) >= 11 is 0. The van der Waals surface area contributed by atoms with Crippen LogP contribution in [0.25, 0.3) is 0 Å². The fraction of sp³-hybridized carbons (Fsp3) is 0.500. The van der Waals surface area contributed by atoms with Crippen LogP contribution in [-0.4, -0.2) is 22.9 Å². The maximum absolute atomic E-state index is 12.3. The van der Waals surface area contributed by atoms with Gasteiger partial charge < -0.3 is 10.6 Å². The Bertz CT molecular complexity index is 524. The van der Waals surface area contributed by atoms with E-state index in [1.165, 1.54) is 12.1 Å². The summed E-state index contributed by atoms with van der Waals surface area (Å²) in [5.41, 5.74) is 0.234. The smallest absolute Gasteiger partial charge is 0.269 e. The Morgan fingerprint density at radius 1 is 1.55 bits per heavy atom. The van der Waals surface area contributed by atoms with Gasteiger partial charge in [0, 0.05) is 12.1 Å². The molecule has 6 nitrogen and oxygen atoms in total. The average Bonchev–Trinajstić information content (AvgIpc) is 2.87. The van der Waals surface area contributed by atoms with Gasteiger partial charge in [-0.05, 0) is 38.8 Å². The molecule has 1 aliphatic rings. The van der Waals surface area contributed by atoms with E-state index in [9.17, 15) is 14.9 Å². The number of nitro benzene ring substituents is 1. The molecule has 1 aromatic rings. The van der Waals surface area contributed by atoms with Crippen molar-refractivity contribution in [3.05, 3.63) is 39.9 Å². The number of rotatable bonds is 4. The molecule has 2 N–H and O–H groups in total. The Labute approximate surface area is 117 Å². The van der Waals surface area contributed by atoms with Crippen molar-refractivity contribution in [2.45, 2.75) is 38.3 Å². The SMILES string of the molecule is CC(NC(=O)C1(C)CCCN1)c1cccc([N+](=O)[O-])c1. The minimum Gasteiger partial charge on any atom is -0.348 e. The zero-order valence-electron chi connectivity index (χ0n) is 11.7. The number of non-ortho nitro benzene ring substituents is 1. The summed E-state index contributed by atoms with van der Waals surface area (Å²) in [7, 11) is 0. The Balaban J connectivity index is 2.08. The molecule has 0 aliphatic carbocycles. The number of hydrogen-bond donors (Lipinski definition) is 2. The molecule has 20 heavy (non-hydrogen) atoms. The highest BCUT2D eigenvalue weighted by molar-refractivity contribution is 5.86. The second kappa shape index (κ2) is 5.58. The zero-order valence-corrected chi connectivity index (χ0v) is 11.7. The molecule has 1 amide bonds. The molecule has 1 aromatic carbocycles. The second-order valence-electron chi connectivity index (χ2n) is 5.41. The molecular weight excluding hydrogens is 258 g/mol. The fourth-order valence-corrected chi connectivity index (χ4v) is 2.44. The summed E-state index contributed by atoms with van der Waals surface area (Å²) in [6.45, 7) is 4.56. The zero-order chi connectivity index (χ0) is 14.8. The maximum Gasteiger partial charge on any atom is 0.269 e. The van der Waals surface area contributed by atoms with E-state index in [-0.39, 0.29) is 17.6 Å². The number of nitro groups is 1. The number of amides is 1. The van der Waals surface area contributed by atoms with Crippen LogP contribution in [0.3, 0.4) is 0 Å². The van der Waals surface area contributed by atoms with E-state index in [0.717, 1.165) is 24.9 Å². The van der Waals surface area contributed by atoms with Gasteiger partial charge in [0.25, 0.3) is 5.69 Å². The van der Waals surface area contributed by atoms with Gasteiger partial charge in [0.15, 0.2) is 0 Å². The minimum atomic E-state index is -0.533. The van der Waals surface area contributed by atoms with Gasteiger partial charge in [-0.1, -0.05) is 12.1 Å². The molecule has 1 fully saturated rings. The van der Waals surface area contributed by atoms with Crippen LogP contribution in [0.1, 0.15) is 38.3 Å². The quantitative estimate of drug-likeness (QED) is 0.650. The van der Waals surface area contributed by atoms with E-state index in [1.807, 2.05) is 13.8 Å². The first-order chi connectivity index (χ1) is 9.42. The molecule has 1 aliphatic heterocycles. The van der Waals surface area contributed by atoms with Crippen molar-refractivity contribution < 1.29 is 9.72 Å². The van der Waals surface area contributed by atoms with Crippen LogP contribution in [0.4, 0.5) is 5.69 Å². The van der Waals surface area contributed by atoms with Crippen molar-refractivity contribution in [2.75, 3.05) is 6.54 Å². The summed E-state index contributed by atoms with van der Waals surface area (Å²) < 4.78 is 0. The van der Waals surface area contributed by atoms with Gasteiger partial charge in [-0.25, -0.2) is 0 Å². The van der Waals surface area contributed by atoms with Crippen LogP contribution < -0.4 is 10.6 Å². The van der Waals surface area contributed by atoms with Crippen LogP contribution in [-0.2, 0) is 4.79 Å². The highest BCUT2D eigenvalue weighted by Gasteiger charge is 2.36. The molecule has 0 bridgehead atoms. The van der Waals surface area contributed by atoms with Crippen molar-refractivity contribution in [2.24, 2.45) is 0 Å². The summed E-state index contributed by atoms with van der Waals surface area (Å²) in [4.78, 5) is 22.6. The molecule has 1 saturated heterocycles. The van der Waals surface area contributed by atoms with Crippen LogP contribution in [0.5, 0.6) is 0 Å². The highest BCUT2D eigenvalue weighted by Crippen LogP contribution is 2.22. The van der Waals surface area contributed by atoms with E-state index in [4.69, 9.17) is 0 Å². The molecule has 108 valence electrons. The first-order valence-electron chi connectivity index (χ1n) is 6.73. The number of nitrogens with zero attached hydrogens (tertiary/aromatic N) is 1. The minimum absolute atomic E-state index is 0.0359. The van der Waals surface area contributed by atoms with Crippen molar-refractivity contribution in [1.82, 2.24) is 10.6 Å². The number of nitrogens with one attached hydrogen (secondary N) is 2. The van der Waals surface area contributed by atoms with Crippen molar-refractivity contribution in [3.63, 3.8) is 0 Å². The van der Waals surface area contributed by atoms with E-state index < -0.39 is 10.5 Å². The van der Waals surface area contributed by atoms with Crippen molar-refractivity contribution in [1.29, 1.82) is 0 Å². The van der Waals surface area contributed by atoms with Gasteiger partial charge in [0.2, 0.25) is 5.91 Å². The van der Waals surface area contributed by atoms with Crippen molar-refractivity contribution in [3.8, 4) is 0 Å². The first kappa shape index (κ1) is 14.5. The molecule has 0 radical (unpaired) electrons. The molecule has 0 aromatic heterocycles. The van der Waals surface area contributed by atoms with Crippen LogP contribution in [0.2, 0.25) is 0 Å². The van der Waals surface area contributed by atoms with Gasteiger partial charge in [-0.3, -0.25) is 14.9 Å². The summed E-state index contributed by atoms with van der Waals surface area (Å²) in [6.07, 6.45) is 1.79. The normalized spacial score (nSPS) is 23.3. The van der Waals surface area contributed by atoms with E-state index in [0.29, 0.717) is 0 Å². The lowest BCUT2D eigenvalue weighted by molar-refractivity contribution is -0.384. The van der Waals surface area contributed by atoms with Gasteiger partial charge in [0.1, 0.15) is 0 Å². The average molecular weight is 277 g/mol. The van der Waals surface area contributed by atoms with Crippen LogP contribution in [0.15, 0.2) is 24.3 Å². The molecule has 2 unspecified atom stereocenters. The van der Waals surface area contributed by atoms with E-state index in [1.54, 1.807) is 12.1 Å². The van der Waals surface area contributed by atoms with Gasteiger partial charge in [0.05, 0.1) is 16.5 Å². The number of carbonyl (C=O) groups excluding carboxylic acids is 1.